The summed E-state index contributed by atoms with van der Waals surface area (Å²) in [7, 11) is 0. The van der Waals surface area contributed by atoms with Gasteiger partial charge in [-0.05, 0) is 59.9 Å². The Bertz CT molecular complexity index is 364. The molecule has 1 heterocycles. The fraction of sp³-hybridized carbons (Fsp3) is 0.455. The number of nitrogens with one attached hydrogen (secondary N) is 1. The topological polar surface area (TPSA) is 32.3 Å². The molecule has 2 nitrogen and oxygen atoms in total. The van der Waals surface area contributed by atoms with Crippen molar-refractivity contribution < 1.29 is 9.50 Å². The van der Waals surface area contributed by atoms with Crippen molar-refractivity contribution in [3.05, 3.63) is 28.0 Å². The molecule has 82 valence electrons. The van der Waals surface area contributed by atoms with Gasteiger partial charge in [-0.2, -0.15) is 0 Å². The second-order valence-corrected chi connectivity index (χ2v) is 4.67. The summed E-state index contributed by atoms with van der Waals surface area (Å²) in [5.74, 6) is -0.117. The first-order valence-electron chi connectivity index (χ1n) is 5.07. The summed E-state index contributed by atoms with van der Waals surface area (Å²) >= 11 is 3.21. The van der Waals surface area contributed by atoms with Crippen LogP contribution in [0.25, 0.3) is 0 Å². The van der Waals surface area contributed by atoms with Gasteiger partial charge in [-0.1, -0.05) is 0 Å². The molecule has 1 fully saturated rings. The van der Waals surface area contributed by atoms with E-state index in [2.05, 4.69) is 21.2 Å². The lowest BCUT2D eigenvalue weighted by Gasteiger charge is -2.24. The second kappa shape index (κ2) is 4.49. The van der Waals surface area contributed by atoms with Crippen molar-refractivity contribution in [2.45, 2.75) is 18.8 Å². The fourth-order valence-electron chi connectivity index (χ4n) is 2.06. The van der Waals surface area contributed by atoms with Crippen LogP contribution in [0.5, 0.6) is 5.75 Å². The SMILES string of the molecule is Oc1c(Br)ccc(F)c1C1CCNCC1. The van der Waals surface area contributed by atoms with Gasteiger partial charge in [-0.15, -0.1) is 0 Å². The Morgan fingerprint density at radius 1 is 1.33 bits per heavy atom. The molecule has 4 heteroatoms. The molecule has 15 heavy (non-hydrogen) atoms. The molecule has 0 atom stereocenters. The summed E-state index contributed by atoms with van der Waals surface area (Å²) in [6, 6.07) is 2.94. The van der Waals surface area contributed by atoms with Crippen LogP contribution in [0.15, 0.2) is 16.6 Å². The third kappa shape index (κ3) is 2.16. The Labute approximate surface area is 96.6 Å². The van der Waals surface area contributed by atoms with E-state index in [1.54, 1.807) is 0 Å². The van der Waals surface area contributed by atoms with E-state index in [1.165, 1.54) is 12.1 Å². The minimum atomic E-state index is -0.303. The van der Waals surface area contributed by atoms with Crippen molar-refractivity contribution in [2.75, 3.05) is 13.1 Å². The Hall–Kier alpha value is -0.610. The first-order chi connectivity index (χ1) is 7.20. The van der Waals surface area contributed by atoms with Crippen LogP contribution < -0.4 is 5.32 Å². The highest BCUT2D eigenvalue weighted by atomic mass is 79.9. The van der Waals surface area contributed by atoms with Crippen LogP contribution in [0, 0.1) is 5.82 Å². The van der Waals surface area contributed by atoms with Gasteiger partial charge in [0, 0.05) is 5.56 Å². The standard InChI is InChI=1S/C11H13BrFNO/c12-8-1-2-9(13)10(11(8)15)7-3-5-14-6-4-7/h1-2,7,14-15H,3-6H2. The molecule has 2 N–H and O–H groups in total. The van der Waals surface area contributed by atoms with Gasteiger partial charge >= 0.3 is 0 Å². The zero-order valence-corrected chi connectivity index (χ0v) is 9.85. The molecule has 0 spiro atoms. The lowest BCUT2D eigenvalue weighted by molar-refractivity contribution is 0.407. The summed E-state index contributed by atoms with van der Waals surface area (Å²) < 4.78 is 14.2. The predicted molar refractivity (Wildman–Crippen MR) is 60.6 cm³/mol. The summed E-state index contributed by atoms with van der Waals surface area (Å²) in [5.41, 5.74) is 0.464. The zero-order valence-electron chi connectivity index (χ0n) is 8.26. The molecular weight excluding hydrogens is 261 g/mol. The normalized spacial score (nSPS) is 18.0. The van der Waals surface area contributed by atoms with Gasteiger partial charge in [0.1, 0.15) is 11.6 Å². The molecule has 0 saturated carbocycles. The molecule has 1 aromatic carbocycles. The summed E-state index contributed by atoms with van der Waals surface area (Å²) in [6.45, 7) is 1.77. The molecule has 2 rings (SSSR count). The minimum absolute atomic E-state index is 0.0573. The summed E-state index contributed by atoms with van der Waals surface area (Å²) in [5, 5.41) is 13.0. The highest BCUT2D eigenvalue weighted by Crippen LogP contribution is 2.38. The molecule has 0 radical (unpaired) electrons. The van der Waals surface area contributed by atoms with Crippen LogP contribution in [0.1, 0.15) is 24.3 Å². The lowest BCUT2D eigenvalue weighted by atomic mass is 9.89. The minimum Gasteiger partial charge on any atom is -0.506 e. The number of piperidine rings is 1. The Morgan fingerprint density at radius 2 is 2.00 bits per heavy atom. The van der Waals surface area contributed by atoms with Gasteiger partial charge in [0.25, 0.3) is 0 Å². The smallest absolute Gasteiger partial charge is 0.136 e. The molecular formula is C11H13BrFNO. The average molecular weight is 274 g/mol. The Kier molecular flexibility index (Phi) is 3.26. The largest absolute Gasteiger partial charge is 0.506 e. The van der Waals surface area contributed by atoms with E-state index < -0.39 is 0 Å². The van der Waals surface area contributed by atoms with Gasteiger partial charge in [0.2, 0.25) is 0 Å². The number of benzene rings is 1. The lowest BCUT2D eigenvalue weighted by Crippen LogP contribution is -2.27. The molecule has 0 bridgehead atoms. The van der Waals surface area contributed by atoms with Gasteiger partial charge < -0.3 is 10.4 Å². The first-order valence-corrected chi connectivity index (χ1v) is 5.87. The van der Waals surface area contributed by atoms with Crippen molar-refractivity contribution in [3.63, 3.8) is 0 Å². The zero-order chi connectivity index (χ0) is 10.8. The molecule has 0 aromatic heterocycles. The summed E-state index contributed by atoms with van der Waals surface area (Å²) in [6.07, 6.45) is 1.75. The van der Waals surface area contributed by atoms with Gasteiger partial charge in [-0.25, -0.2) is 4.39 Å². The first kappa shape index (κ1) is 10.9. The van der Waals surface area contributed by atoms with E-state index in [9.17, 15) is 9.50 Å². The number of aromatic hydroxyl groups is 1. The van der Waals surface area contributed by atoms with Crippen LogP contribution in [0.2, 0.25) is 0 Å². The third-order valence-corrected chi connectivity index (χ3v) is 3.50. The number of rotatable bonds is 1. The number of hydrogen-bond donors (Lipinski definition) is 2. The van der Waals surface area contributed by atoms with Crippen molar-refractivity contribution in [2.24, 2.45) is 0 Å². The fourth-order valence-corrected chi connectivity index (χ4v) is 2.40. The maximum Gasteiger partial charge on any atom is 0.136 e. The second-order valence-electron chi connectivity index (χ2n) is 3.82. The van der Waals surface area contributed by atoms with E-state index in [0.717, 1.165) is 25.9 Å². The number of hydrogen-bond acceptors (Lipinski definition) is 2. The van der Waals surface area contributed by atoms with E-state index in [1.807, 2.05) is 0 Å². The average Bonchev–Trinajstić information content (AvgIpc) is 2.26. The van der Waals surface area contributed by atoms with Crippen LogP contribution in [0.3, 0.4) is 0 Å². The quantitative estimate of drug-likeness (QED) is 0.825. The van der Waals surface area contributed by atoms with E-state index >= 15 is 0 Å². The maximum absolute atomic E-state index is 13.6. The molecule has 1 aromatic rings. The van der Waals surface area contributed by atoms with Crippen LogP contribution in [0.4, 0.5) is 4.39 Å². The van der Waals surface area contributed by atoms with E-state index in [4.69, 9.17) is 0 Å². The molecule has 0 aliphatic carbocycles. The van der Waals surface area contributed by atoms with Crippen molar-refractivity contribution in [1.29, 1.82) is 0 Å². The molecule has 0 amide bonds. The van der Waals surface area contributed by atoms with Gasteiger partial charge in [0.15, 0.2) is 0 Å². The van der Waals surface area contributed by atoms with Gasteiger partial charge in [0.05, 0.1) is 4.47 Å². The highest BCUT2D eigenvalue weighted by Gasteiger charge is 2.23. The van der Waals surface area contributed by atoms with Crippen LogP contribution in [-0.4, -0.2) is 18.2 Å². The Balaban J connectivity index is 2.36. The monoisotopic (exact) mass is 273 g/mol. The summed E-state index contributed by atoms with van der Waals surface area (Å²) in [4.78, 5) is 0. The van der Waals surface area contributed by atoms with Crippen LogP contribution >= 0.6 is 15.9 Å². The molecule has 1 aliphatic rings. The van der Waals surface area contributed by atoms with E-state index in [-0.39, 0.29) is 17.5 Å². The van der Waals surface area contributed by atoms with E-state index in [0.29, 0.717) is 10.0 Å². The van der Waals surface area contributed by atoms with Crippen LogP contribution in [-0.2, 0) is 0 Å². The number of phenolic OH excluding ortho intramolecular Hbond substituents is 1. The third-order valence-electron chi connectivity index (χ3n) is 2.86. The van der Waals surface area contributed by atoms with Gasteiger partial charge in [-0.3, -0.25) is 0 Å². The molecule has 1 aliphatic heterocycles. The van der Waals surface area contributed by atoms with Crippen molar-refractivity contribution >= 4 is 15.9 Å². The molecule has 0 unspecified atom stereocenters. The van der Waals surface area contributed by atoms with Crippen molar-refractivity contribution in [3.8, 4) is 5.75 Å². The maximum atomic E-state index is 13.6. The Morgan fingerprint density at radius 3 is 2.67 bits per heavy atom. The number of phenols is 1. The van der Waals surface area contributed by atoms with Crippen molar-refractivity contribution in [1.82, 2.24) is 5.32 Å². The molecule has 1 saturated heterocycles. The predicted octanol–water partition coefficient (Wildman–Crippen LogP) is 2.76. The number of halogens is 2. The highest BCUT2D eigenvalue weighted by molar-refractivity contribution is 9.10.